The summed E-state index contributed by atoms with van der Waals surface area (Å²) < 4.78 is 10.9. The Hall–Kier alpha value is -2.29. The number of aliphatic imine (C=N–C) groups is 1. The van der Waals surface area contributed by atoms with E-state index in [2.05, 4.69) is 45.0 Å². The fourth-order valence-corrected chi connectivity index (χ4v) is 3.14. The molecule has 0 saturated heterocycles. The molecule has 1 aliphatic heterocycles. The zero-order valence-electron chi connectivity index (χ0n) is 14.5. The molecule has 2 aromatic rings. The van der Waals surface area contributed by atoms with Crippen molar-refractivity contribution in [1.29, 1.82) is 0 Å². The van der Waals surface area contributed by atoms with Crippen molar-refractivity contribution in [2.24, 2.45) is 4.99 Å². The van der Waals surface area contributed by atoms with Gasteiger partial charge in [0.05, 0.1) is 19.9 Å². The molecule has 0 bridgehead atoms. The van der Waals surface area contributed by atoms with E-state index in [9.17, 15) is 0 Å². The summed E-state index contributed by atoms with van der Waals surface area (Å²) in [6.07, 6.45) is 0.934. The van der Waals surface area contributed by atoms with Crippen molar-refractivity contribution in [2.75, 3.05) is 20.8 Å². The van der Waals surface area contributed by atoms with Crippen LogP contribution < -0.4 is 9.47 Å². The molecule has 2 aromatic carbocycles. The number of hydrogen-bond acceptors (Lipinski definition) is 3. The highest BCUT2D eigenvalue weighted by atomic mass is 16.5. The van der Waals surface area contributed by atoms with Gasteiger partial charge in [0.25, 0.3) is 0 Å². The normalized spacial score (nSPS) is 13.3. The standard InChI is InChI=1S/C20H23NO2/c1-12-8-16(9-13(2)14(12)3)20-17-11-19(23-5)18(22-4)10-15(17)6-7-21-20/h8-11H,6-7H2,1-5H3. The van der Waals surface area contributed by atoms with Gasteiger partial charge < -0.3 is 9.47 Å². The molecule has 0 amide bonds. The second kappa shape index (κ2) is 6.07. The molecule has 1 heterocycles. The average molecular weight is 309 g/mol. The smallest absolute Gasteiger partial charge is 0.161 e. The van der Waals surface area contributed by atoms with Crippen LogP contribution in [0.4, 0.5) is 0 Å². The number of rotatable bonds is 3. The van der Waals surface area contributed by atoms with Gasteiger partial charge >= 0.3 is 0 Å². The molecule has 120 valence electrons. The number of methoxy groups -OCH3 is 2. The van der Waals surface area contributed by atoms with E-state index >= 15 is 0 Å². The van der Waals surface area contributed by atoms with Crippen molar-refractivity contribution in [3.8, 4) is 11.5 Å². The maximum absolute atomic E-state index is 5.47. The molecule has 0 N–H and O–H groups in total. The predicted molar refractivity (Wildman–Crippen MR) is 94.4 cm³/mol. The fraction of sp³-hybridized carbons (Fsp3) is 0.350. The van der Waals surface area contributed by atoms with Crippen molar-refractivity contribution < 1.29 is 9.47 Å². The van der Waals surface area contributed by atoms with Crippen LogP contribution in [0.2, 0.25) is 0 Å². The largest absolute Gasteiger partial charge is 0.493 e. The minimum Gasteiger partial charge on any atom is -0.493 e. The lowest BCUT2D eigenvalue weighted by molar-refractivity contribution is 0.354. The number of fused-ring (bicyclic) bond motifs is 1. The lowest BCUT2D eigenvalue weighted by Gasteiger charge is -2.21. The van der Waals surface area contributed by atoms with Crippen LogP contribution in [0.1, 0.15) is 33.4 Å². The lowest BCUT2D eigenvalue weighted by atomic mass is 9.90. The Morgan fingerprint density at radius 2 is 1.48 bits per heavy atom. The van der Waals surface area contributed by atoms with Crippen LogP contribution in [0.25, 0.3) is 0 Å². The Morgan fingerprint density at radius 3 is 2.09 bits per heavy atom. The van der Waals surface area contributed by atoms with Crippen molar-refractivity contribution in [3.63, 3.8) is 0 Å². The average Bonchev–Trinajstić information content (AvgIpc) is 2.57. The van der Waals surface area contributed by atoms with Crippen molar-refractivity contribution in [1.82, 2.24) is 0 Å². The minimum atomic E-state index is 0.751. The monoisotopic (exact) mass is 309 g/mol. The van der Waals surface area contributed by atoms with Crippen molar-refractivity contribution in [2.45, 2.75) is 27.2 Å². The molecule has 0 fully saturated rings. The zero-order chi connectivity index (χ0) is 16.6. The summed E-state index contributed by atoms with van der Waals surface area (Å²) in [5.74, 6) is 1.53. The van der Waals surface area contributed by atoms with Gasteiger partial charge in [0.1, 0.15) is 0 Å². The molecule has 0 atom stereocenters. The van der Waals surface area contributed by atoms with E-state index in [0.29, 0.717) is 0 Å². The predicted octanol–water partition coefficient (Wildman–Crippen LogP) is 4.02. The third-order valence-electron chi connectivity index (χ3n) is 4.72. The topological polar surface area (TPSA) is 30.8 Å². The third-order valence-corrected chi connectivity index (χ3v) is 4.72. The van der Waals surface area contributed by atoms with E-state index in [1.165, 1.54) is 27.8 Å². The summed E-state index contributed by atoms with van der Waals surface area (Å²) >= 11 is 0. The third kappa shape index (κ3) is 2.72. The molecule has 1 aliphatic rings. The first-order valence-electron chi connectivity index (χ1n) is 7.93. The molecule has 3 nitrogen and oxygen atoms in total. The maximum atomic E-state index is 5.47. The number of nitrogens with zero attached hydrogens (tertiary/aromatic N) is 1. The van der Waals surface area contributed by atoms with Crippen LogP contribution >= 0.6 is 0 Å². The highest BCUT2D eigenvalue weighted by Crippen LogP contribution is 2.34. The van der Waals surface area contributed by atoms with Gasteiger partial charge in [-0.3, -0.25) is 4.99 Å². The van der Waals surface area contributed by atoms with E-state index in [1.54, 1.807) is 14.2 Å². The molecule has 0 aromatic heterocycles. The SMILES string of the molecule is COc1cc2c(cc1OC)C(c1cc(C)c(C)c(C)c1)=NCC2. The summed E-state index contributed by atoms with van der Waals surface area (Å²) in [5.41, 5.74) is 8.60. The van der Waals surface area contributed by atoms with Crippen molar-refractivity contribution >= 4 is 5.71 Å². The van der Waals surface area contributed by atoms with E-state index < -0.39 is 0 Å². The highest BCUT2D eigenvalue weighted by molar-refractivity contribution is 6.14. The molecule has 3 heteroatoms. The molecule has 0 aliphatic carbocycles. The van der Waals surface area contributed by atoms with Crippen LogP contribution in [0.15, 0.2) is 29.3 Å². The second-order valence-electron chi connectivity index (χ2n) is 6.08. The Bertz CT molecular complexity index is 767. The summed E-state index contributed by atoms with van der Waals surface area (Å²) in [6, 6.07) is 8.59. The molecule has 0 unspecified atom stereocenters. The Kier molecular flexibility index (Phi) is 4.12. The number of benzene rings is 2. The van der Waals surface area contributed by atoms with E-state index in [-0.39, 0.29) is 0 Å². The quantitative estimate of drug-likeness (QED) is 0.857. The molecule has 3 rings (SSSR count). The van der Waals surface area contributed by atoms with Crippen LogP contribution in [0.5, 0.6) is 11.5 Å². The molecule has 23 heavy (non-hydrogen) atoms. The number of ether oxygens (including phenoxy) is 2. The van der Waals surface area contributed by atoms with Gasteiger partial charge in [0, 0.05) is 17.7 Å². The van der Waals surface area contributed by atoms with Gasteiger partial charge in [-0.05, 0) is 73.7 Å². The summed E-state index contributed by atoms with van der Waals surface area (Å²) in [7, 11) is 3.35. The Morgan fingerprint density at radius 1 is 0.870 bits per heavy atom. The second-order valence-corrected chi connectivity index (χ2v) is 6.08. The first-order chi connectivity index (χ1) is 11.0. The van der Waals surface area contributed by atoms with Gasteiger partial charge in [-0.2, -0.15) is 0 Å². The van der Waals surface area contributed by atoms with Gasteiger partial charge in [0.15, 0.2) is 11.5 Å². The zero-order valence-corrected chi connectivity index (χ0v) is 14.5. The summed E-state index contributed by atoms with van der Waals surface area (Å²) in [6.45, 7) is 7.29. The summed E-state index contributed by atoms with van der Waals surface area (Å²) in [4.78, 5) is 4.80. The van der Waals surface area contributed by atoms with E-state index in [0.717, 1.165) is 35.7 Å². The number of hydrogen-bond donors (Lipinski definition) is 0. The molecule has 0 saturated carbocycles. The van der Waals surface area contributed by atoms with Crippen LogP contribution in [0, 0.1) is 20.8 Å². The number of aryl methyl sites for hydroxylation is 2. The fourth-order valence-electron chi connectivity index (χ4n) is 3.14. The van der Waals surface area contributed by atoms with Gasteiger partial charge in [-0.15, -0.1) is 0 Å². The lowest BCUT2D eigenvalue weighted by Crippen LogP contribution is -2.15. The van der Waals surface area contributed by atoms with Crippen LogP contribution in [0.3, 0.4) is 0 Å². The Balaban J connectivity index is 2.16. The summed E-state index contributed by atoms with van der Waals surface area (Å²) in [5, 5.41) is 0. The van der Waals surface area contributed by atoms with Gasteiger partial charge in [-0.1, -0.05) is 0 Å². The van der Waals surface area contributed by atoms with Crippen LogP contribution in [-0.4, -0.2) is 26.5 Å². The van der Waals surface area contributed by atoms with E-state index in [1.807, 2.05) is 0 Å². The molecular formula is C20H23NO2. The molecular weight excluding hydrogens is 286 g/mol. The Labute approximate surface area is 138 Å². The van der Waals surface area contributed by atoms with Gasteiger partial charge in [-0.25, -0.2) is 0 Å². The van der Waals surface area contributed by atoms with Gasteiger partial charge in [0.2, 0.25) is 0 Å². The molecule has 0 radical (unpaired) electrons. The minimum absolute atomic E-state index is 0.751. The van der Waals surface area contributed by atoms with E-state index in [4.69, 9.17) is 14.5 Å². The first kappa shape index (κ1) is 15.6. The highest BCUT2D eigenvalue weighted by Gasteiger charge is 2.20. The van der Waals surface area contributed by atoms with Crippen LogP contribution in [-0.2, 0) is 6.42 Å². The molecule has 0 spiro atoms. The maximum Gasteiger partial charge on any atom is 0.161 e. The van der Waals surface area contributed by atoms with Crippen molar-refractivity contribution in [3.05, 3.63) is 57.6 Å². The first-order valence-corrected chi connectivity index (χ1v) is 7.93.